The summed E-state index contributed by atoms with van der Waals surface area (Å²) in [6.07, 6.45) is 2.03. The third kappa shape index (κ3) is 3.13. The normalized spacial score (nSPS) is 13.2. The number of hydrogen-bond donors (Lipinski definition) is 0. The summed E-state index contributed by atoms with van der Waals surface area (Å²) in [4.78, 5) is 10.1. The highest BCUT2D eigenvalue weighted by Gasteiger charge is 2.44. The van der Waals surface area contributed by atoms with Crippen LogP contribution in [0.25, 0.3) is 21.7 Å². The second-order valence-electron chi connectivity index (χ2n) is 10.8. The van der Waals surface area contributed by atoms with E-state index in [0.717, 1.165) is 33.4 Å². The van der Waals surface area contributed by atoms with Gasteiger partial charge in [0.25, 0.3) is 6.71 Å². The first-order valence-corrected chi connectivity index (χ1v) is 14.1. The van der Waals surface area contributed by atoms with Gasteiger partial charge in [0.05, 0.1) is 11.2 Å². The third-order valence-corrected chi connectivity index (χ3v) is 8.63. The van der Waals surface area contributed by atoms with Crippen LogP contribution in [0, 0.1) is 0 Å². The molecule has 7 aromatic rings. The molecular weight excluding hydrogens is 497 g/mol. The van der Waals surface area contributed by atoms with Crippen LogP contribution in [0.5, 0.6) is 0 Å². The second kappa shape index (κ2) is 8.58. The fraction of sp³-hybridized carbons (Fsp3) is 0. The molecule has 0 fully saturated rings. The van der Waals surface area contributed by atoms with Gasteiger partial charge in [-0.2, -0.15) is 0 Å². The summed E-state index contributed by atoms with van der Waals surface area (Å²) in [5.41, 5.74) is 12.0. The zero-order chi connectivity index (χ0) is 26.9. The molecule has 0 atom stereocenters. The Morgan fingerprint density at radius 3 is 1.76 bits per heavy atom. The molecule has 0 radical (unpaired) electrons. The molecule has 0 bridgehead atoms. The van der Waals surface area contributed by atoms with Crippen molar-refractivity contribution < 1.29 is 0 Å². The van der Waals surface area contributed by atoms with E-state index in [1.807, 2.05) is 6.20 Å². The molecule has 190 valence electrons. The van der Waals surface area contributed by atoms with Crippen molar-refractivity contribution >= 4 is 78.9 Å². The van der Waals surface area contributed by atoms with E-state index >= 15 is 0 Å². The number of hydrogen-bond acceptors (Lipinski definition) is 3. The molecule has 0 N–H and O–H groups in total. The summed E-state index contributed by atoms with van der Waals surface area (Å²) in [5, 5.41) is 3.52. The first-order chi connectivity index (χ1) is 20.4. The number of fused-ring (bicyclic) bond motifs is 8. The highest BCUT2D eigenvalue weighted by molar-refractivity contribution is 7.00. The lowest BCUT2D eigenvalue weighted by atomic mass is 9.33. The zero-order valence-corrected chi connectivity index (χ0v) is 22.3. The molecule has 0 saturated heterocycles. The van der Waals surface area contributed by atoms with Crippen LogP contribution < -0.4 is 26.2 Å². The maximum Gasteiger partial charge on any atom is 0.252 e. The van der Waals surface area contributed by atoms with Gasteiger partial charge in [-0.15, -0.1) is 0 Å². The fourth-order valence-electron chi connectivity index (χ4n) is 6.98. The molecule has 1 aromatic heterocycles. The molecule has 6 aromatic carbocycles. The Balaban J connectivity index is 1.51. The Labute approximate surface area is 239 Å². The smallest absolute Gasteiger partial charge is 0.252 e. The van der Waals surface area contributed by atoms with E-state index in [2.05, 4.69) is 149 Å². The first-order valence-electron chi connectivity index (χ1n) is 14.1. The predicted octanol–water partition coefficient (Wildman–Crippen LogP) is 7.47. The predicted molar refractivity (Wildman–Crippen MR) is 173 cm³/mol. The molecule has 2 aliphatic rings. The minimum atomic E-state index is 0.0880. The van der Waals surface area contributed by atoms with E-state index in [4.69, 9.17) is 4.98 Å². The topological polar surface area (TPSA) is 19.4 Å². The van der Waals surface area contributed by atoms with Crippen molar-refractivity contribution in [2.75, 3.05) is 9.80 Å². The lowest BCUT2D eigenvalue weighted by Gasteiger charge is -2.44. The summed E-state index contributed by atoms with van der Waals surface area (Å²) in [6.45, 7) is 0.0880. The van der Waals surface area contributed by atoms with Crippen molar-refractivity contribution in [1.82, 2.24) is 4.98 Å². The standard InChI is InChI=1S/C37H24BN3/c1-3-14-26(15-4-1)40-32-21-11-9-19-30(32)38-31-20-10-12-22-33(31)41(27-16-5-2-6-17-27)37-35(38)34(40)23-29-28-18-8-7-13-25(28)24-39-36(29)37/h1-24H. The molecule has 41 heavy (non-hydrogen) atoms. The van der Waals surface area contributed by atoms with Crippen LogP contribution in [-0.2, 0) is 0 Å². The molecule has 0 amide bonds. The number of benzene rings is 6. The zero-order valence-electron chi connectivity index (χ0n) is 22.3. The first kappa shape index (κ1) is 22.5. The van der Waals surface area contributed by atoms with Crippen molar-refractivity contribution in [2.24, 2.45) is 0 Å². The molecule has 0 spiro atoms. The third-order valence-electron chi connectivity index (χ3n) is 8.63. The van der Waals surface area contributed by atoms with Crippen molar-refractivity contribution in [3.05, 3.63) is 146 Å². The van der Waals surface area contributed by atoms with Crippen LogP contribution >= 0.6 is 0 Å². The summed E-state index contributed by atoms with van der Waals surface area (Å²) >= 11 is 0. The Morgan fingerprint density at radius 2 is 1.05 bits per heavy atom. The molecule has 4 heteroatoms. The van der Waals surface area contributed by atoms with Crippen LogP contribution in [0.3, 0.4) is 0 Å². The van der Waals surface area contributed by atoms with E-state index in [0.29, 0.717) is 0 Å². The molecule has 3 heterocycles. The van der Waals surface area contributed by atoms with Gasteiger partial charge in [0, 0.05) is 45.4 Å². The average Bonchev–Trinajstić information content (AvgIpc) is 3.05. The van der Waals surface area contributed by atoms with Crippen molar-refractivity contribution in [1.29, 1.82) is 0 Å². The van der Waals surface area contributed by atoms with Crippen LogP contribution in [0.2, 0.25) is 0 Å². The van der Waals surface area contributed by atoms with Gasteiger partial charge < -0.3 is 9.80 Å². The van der Waals surface area contributed by atoms with Crippen molar-refractivity contribution in [2.45, 2.75) is 0 Å². The van der Waals surface area contributed by atoms with Gasteiger partial charge in [-0.25, -0.2) is 0 Å². The molecule has 0 unspecified atom stereocenters. The highest BCUT2D eigenvalue weighted by atomic mass is 15.2. The summed E-state index contributed by atoms with van der Waals surface area (Å²) in [6, 6.07) is 50.3. The maximum atomic E-state index is 5.20. The van der Waals surface area contributed by atoms with E-state index in [1.54, 1.807) is 0 Å². The summed E-state index contributed by atoms with van der Waals surface area (Å²) < 4.78 is 0. The quantitative estimate of drug-likeness (QED) is 0.174. The highest BCUT2D eigenvalue weighted by Crippen LogP contribution is 2.47. The minimum absolute atomic E-state index is 0.0880. The number of nitrogens with zero attached hydrogens (tertiary/aromatic N) is 3. The van der Waals surface area contributed by atoms with Crippen LogP contribution in [0.1, 0.15) is 0 Å². The minimum Gasteiger partial charge on any atom is -0.311 e. The number of rotatable bonds is 2. The van der Waals surface area contributed by atoms with Crippen molar-refractivity contribution in [3.63, 3.8) is 0 Å². The Kier molecular flexibility index (Phi) is 4.70. The van der Waals surface area contributed by atoms with Gasteiger partial charge in [0.15, 0.2) is 0 Å². The van der Waals surface area contributed by atoms with E-state index in [1.165, 1.54) is 38.8 Å². The van der Waals surface area contributed by atoms with Gasteiger partial charge in [0.2, 0.25) is 0 Å². The second-order valence-corrected chi connectivity index (χ2v) is 10.8. The Hall–Kier alpha value is -5.35. The number of anilines is 6. The average molecular weight is 521 g/mol. The molecule has 9 rings (SSSR count). The monoisotopic (exact) mass is 521 g/mol. The Morgan fingerprint density at radius 1 is 0.488 bits per heavy atom. The van der Waals surface area contributed by atoms with Gasteiger partial charge in [-0.3, -0.25) is 4.98 Å². The van der Waals surface area contributed by atoms with E-state index in [-0.39, 0.29) is 6.71 Å². The lowest BCUT2D eigenvalue weighted by molar-refractivity contribution is 1.25. The summed E-state index contributed by atoms with van der Waals surface area (Å²) in [7, 11) is 0. The lowest BCUT2D eigenvalue weighted by Crippen LogP contribution is -2.61. The molecule has 2 aliphatic heterocycles. The largest absolute Gasteiger partial charge is 0.311 e. The van der Waals surface area contributed by atoms with Gasteiger partial charge in [-0.05, 0) is 64.2 Å². The van der Waals surface area contributed by atoms with Gasteiger partial charge in [-0.1, -0.05) is 97.1 Å². The molecule has 0 saturated carbocycles. The van der Waals surface area contributed by atoms with E-state index in [9.17, 15) is 0 Å². The maximum absolute atomic E-state index is 5.20. The fourth-order valence-corrected chi connectivity index (χ4v) is 6.98. The SMILES string of the molecule is c1ccc(N2c3ccccc3B3c4ccccc4N(c4ccccc4)c4c3c2cc2c4ncc3ccccc32)cc1. The number of pyridine rings is 1. The Bertz CT molecular complexity index is 2110. The van der Waals surface area contributed by atoms with Crippen LogP contribution in [0.4, 0.5) is 34.1 Å². The van der Waals surface area contributed by atoms with E-state index < -0.39 is 0 Å². The van der Waals surface area contributed by atoms with Crippen LogP contribution in [-0.4, -0.2) is 11.7 Å². The van der Waals surface area contributed by atoms with Crippen molar-refractivity contribution in [3.8, 4) is 0 Å². The van der Waals surface area contributed by atoms with Gasteiger partial charge in [0.1, 0.15) is 0 Å². The van der Waals surface area contributed by atoms with Crippen LogP contribution in [0.15, 0.2) is 146 Å². The summed E-state index contributed by atoms with van der Waals surface area (Å²) in [5.74, 6) is 0. The molecule has 3 nitrogen and oxygen atoms in total. The van der Waals surface area contributed by atoms with Gasteiger partial charge >= 0.3 is 0 Å². The number of aromatic nitrogens is 1. The molecule has 0 aliphatic carbocycles. The number of para-hydroxylation sites is 4. The molecular formula is C37H24BN3.